The van der Waals surface area contributed by atoms with Crippen LogP contribution in [0.25, 0.3) is 0 Å². The van der Waals surface area contributed by atoms with Gasteiger partial charge in [-0.3, -0.25) is 4.79 Å². The van der Waals surface area contributed by atoms with E-state index >= 15 is 8.78 Å². The van der Waals surface area contributed by atoms with Crippen molar-refractivity contribution in [2.75, 3.05) is 6.61 Å². The minimum Gasteiger partial charge on any atom is -0.390 e. The molecule has 0 aromatic carbocycles. The number of Topliss-reactive ketones (excluding diaryl/α,β-unsaturated/α-hetero) is 1. The van der Waals surface area contributed by atoms with E-state index in [0.717, 1.165) is 0 Å². The van der Waals surface area contributed by atoms with E-state index in [-0.39, 0.29) is 12.8 Å². The summed E-state index contributed by atoms with van der Waals surface area (Å²) in [6, 6.07) is 0. The molecule has 3 fully saturated rings. The Balaban J connectivity index is 1.86. The van der Waals surface area contributed by atoms with E-state index in [9.17, 15) is 20.1 Å². The molecular weight excluding hydrogens is 366 g/mol. The number of carbonyl (C=O) groups is 1. The first kappa shape index (κ1) is 20.2. The molecule has 0 aromatic rings. The highest BCUT2D eigenvalue weighted by atomic mass is 19.1. The van der Waals surface area contributed by atoms with Crippen LogP contribution in [-0.4, -0.2) is 51.3 Å². The molecule has 3 saturated carbocycles. The van der Waals surface area contributed by atoms with Crippen molar-refractivity contribution < 1.29 is 28.9 Å². The van der Waals surface area contributed by atoms with Crippen LogP contribution in [0.4, 0.5) is 8.78 Å². The number of allylic oxidation sites excluding steroid dienone is 4. The molecule has 4 aliphatic rings. The summed E-state index contributed by atoms with van der Waals surface area (Å²) in [6.45, 7) is 4.29. The van der Waals surface area contributed by atoms with E-state index in [1.165, 1.54) is 0 Å². The van der Waals surface area contributed by atoms with Gasteiger partial charge in [0.2, 0.25) is 0 Å². The average Bonchev–Trinajstić information content (AvgIpc) is 2.85. The molecule has 4 nitrogen and oxygen atoms in total. The summed E-state index contributed by atoms with van der Waals surface area (Å²) in [5.74, 6) is -2.49. The number of alkyl halides is 2. The zero-order chi connectivity index (χ0) is 20.7. The number of rotatable bonds is 2. The fourth-order valence-corrected chi connectivity index (χ4v) is 7.44. The summed E-state index contributed by atoms with van der Waals surface area (Å²) in [4.78, 5) is 12.5. The van der Waals surface area contributed by atoms with Crippen LogP contribution in [0, 0.1) is 28.6 Å². The Bertz CT molecular complexity index is 766. The number of hydrogen-bond donors (Lipinski definition) is 3. The topological polar surface area (TPSA) is 77.8 Å². The maximum atomic E-state index is 16.9. The van der Waals surface area contributed by atoms with Crippen molar-refractivity contribution in [2.24, 2.45) is 28.6 Å². The molecule has 0 amide bonds. The van der Waals surface area contributed by atoms with Gasteiger partial charge in [-0.25, -0.2) is 8.78 Å². The van der Waals surface area contributed by atoms with Gasteiger partial charge < -0.3 is 15.3 Å². The Labute approximate surface area is 164 Å². The van der Waals surface area contributed by atoms with E-state index in [2.05, 4.69) is 0 Å². The Morgan fingerprint density at radius 2 is 1.96 bits per heavy atom. The molecule has 0 aromatic heterocycles. The lowest BCUT2D eigenvalue weighted by molar-refractivity contribution is -0.231. The second kappa shape index (κ2) is 5.96. The quantitative estimate of drug-likeness (QED) is 0.671. The molecule has 0 aliphatic heterocycles. The fourth-order valence-electron chi connectivity index (χ4n) is 7.44. The summed E-state index contributed by atoms with van der Waals surface area (Å²) in [6.07, 6.45) is 2.92. The number of ketones is 1. The Morgan fingerprint density at radius 3 is 2.61 bits per heavy atom. The first-order valence-corrected chi connectivity index (χ1v) is 10.2. The number of fused-ring (bicyclic) bond motifs is 5. The van der Waals surface area contributed by atoms with Crippen molar-refractivity contribution in [2.45, 2.75) is 70.0 Å². The minimum absolute atomic E-state index is 0.0702. The van der Waals surface area contributed by atoms with Crippen LogP contribution >= 0.6 is 0 Å². The second-order valence-corrected chi connectivity index (χ2v) is 9.89. The molecule has 0 bridgehead atoms. The van der Waals surface area contributed by atoms with Crippen LogP contribution in [0.5, 0.6) is 0 Å². The van der Waals surface area contributed by atoms with E-state index in [4.69, 9.17) is 0 Å². The highest BCUT2D eigenvalue weighted by molar-refractivity contribution is 5.90. The maximum absolute atomic E-state index is 16.9. The highest BCUT2D eigenvalue weighted by Crippen LogP contribution is 2.71. The van der Waals surface area contributed by atoms with Gasteiger partial charge in [-0.1, -0.05) is 39.0 Å². The lowest BCUT2D eigenvalue weighted by Crippen LogP contribution is -2.70. The van der Waals surface area contributed by atoms with Crippen LogP contribution in [0.15, 0.2) is 23.8 Å². The molecule has 9 atom stereocenters. The molecule has 6 heteroatoms. The first-order valence-electron chi connectivity index (χ1n) is 10.2. The summed E-state index contributed by atoms with van der Waals surface area (Å²) >= 11 is 0. The first-order chi connectivity index (χ1) is 13.0. The van der Waals surface area contributed by atoms with Gasteiger partial charge in [0, 0.05) is 16.7 Å². The monoisotopic (exact) mass is 396 g/mol. The Hall–Kier alpha value is -1.11. The summed E-state index contributed by atoms with van der Waals surface area (Å²) in [5.41, 5.74) is -5.78. The van der Waals surface area contributed by atoms with Gasteiger partial charge in [-0.2, -0.15) is 0 Å². The van der Waals surface area contributed by atoms with Gasteiger partial charge >= 0.3 is 0 Å². The molecule has 0 radical (unpaired) electrons. The SMILES string of the molecule is C[C@H]1C[C@H]2[C@@H]3C[C@H](F)C4=CC=CC[C@]4(C)[C@@]3(F)[C@@H](O)C[C@]2(C)[C@@]1(O)C(=O)CO. The average molecular weight is 396 g/mol. The van der Waals surface area contributed by atoms with Crippen molar-refractivity contribution in [1.29, 1.82) is 0 Å². The third-order valence-electron chi connectivity index (χ3n) is 8.93. The van der Waals surface area contributed by atoms with Crippen LogP contribution < -0.4 is 0 Å². The predicted molar refractivity (Wildman–Crippen MR) is 99.8 cm³/mol. The molecule has 156 valence electrons. The van der Waals surface area contributed by atoms with Crippen LogP contribution in [0.1, 0.15) is 46.5 Å². The number of aliphatic hydroxyl groups excluding tert-OH is 2. The van der Waals surface area contributed by atoms with Crippen molar-refractivity contribution >= 4 is 5.78 Å². The standard InChI is InChI=1S/C22H30F2O4/c1-12-8-14-15-9-16(23)13-6-4-5-7-19(13,2)21(15,24)17(26)10-20(14,3)22(12,28)18(27)11-25/h4-6,12,14-17,25-26,28H,7-11H2,1-3H3/t12-,14-,15-,16-,17-,19-,20-,21-,22-/m0/s1. The molecular formula is C22H30F2O4. The van der Waals surface area contributed by atoms with Crippen LogP contribution in [0.3, 0.4) is 0 Å². The van der Waals surface area contributed by atoms with Crippen molar-refractivity contribution in [3.05, 3.63) is 23.8 Å². The maximum Gasteiger partial charge on any atom is 0.190 e. The lowest BCUT2D eigenvalue weighted by atomic mass is 9.44. The summed E-state index contributed by atoms with van der Waals surface area (Å²) in [7, 11) is 0. The normalized spacial score (nSPS) is 55.1. The van der Waals surface area contributed by atoms with Gasteiger partial charge in [0.25, 0.3) is 0 Å². The third-order valence-corrected chi connectivity index (χ3v) is 8.93. The van der Waals surface area contributed by atoms with Crippen molar-refractivity contribution in [3.63, 3.8) is 0 Å². The Morgan fingerprint density at radius 1 is 1.29 bits per heavy atom. The second-order valence-electron chi connectivity index (χ2n) is 9.89. The lowest BCUT2D eigenvalue weighted by Gasteiger charge is -2.63. The zero-order valence-corrected chi connectivity index (χ0v) is 16.7. The number of hydrogen-bond acceptors (Lipinski definition) is 4. The molecule has 0 saturated heterocycles. The van der Waals surface area contributed by atoms with Gasteiger partial charge in [0.1, 0.15) is 24.0 Å². The summed E-state index contributed by atoms with van der Waals surface area (Å²) < 4.78 is 32.1. The van der Waals surface area contributed by atoms with E-state index < -0.39 is 64.5 Å². The number of aliphatic hydroxyl groups is 3. The number of carbonyl (C=O) groups excluding carboxylic acids is 1. The largest absolute Gasteiger partial charge is 0.390 e. The molecule has 3 N–H and O–H groups in total. The minimum atomic E-state index is -2.04. The van der Waals surface area contributed by atoms with Crippen molar-refractivity contribution in [1.82, 2.24) is 0 Å². The van der Waals surface area contributed by atoms with Gasteiger partial charge in [-0.15, -0.1) is 0 Å². The van der Waals surface area contributed by atoms with Crippen LogP contribution in [-0.2, 0) is 4.79 Å². The van der Waals surface area contributed by atoms with Gasteiger partial charge in [0.05, 0.1) is 6.10 Å². The molecule has 0 heterocycles. The van der Waals surface area contributed by atoms with Gasteiger partial charge in [0.15, 0.2) is 5.78 Å². The summed E-state index contributed by atoms with van der Waals surface area (Å²) in [5, 5.41) is 31.9. The predicted octanol–water partition coefficient (Wildman–Crippen LogP) is 2.66. The smallest absolute Gasteiger partial charge is 0.190 e. The van der Waals surface area contributed by atoms with Crippen molar-refractivity contribution in [3.8, 4) is 0 Å². The van der Waals surface area contributed by atoms with Crippen LogP contribution in [0.2, 0.25) is 0 Å². The van der Waals surface area contributed by atoms with E-state index in [1.54, 1.807) is 32.9 Å². The Kier molecular flexibility index (Phi) is 4.29. The fraction of sp³-hybridized carbons (Fsp3) is 0.773. The zero-order valence-electron chi connectivity index (χ0n) is 16.7. The third kappa shape index (κ3) is 2.02. The van der Waals surface area contributed by atoms with Gasteiger partial charge in [-0.05, 0) is 43.1 Å². The highest BCUT2D eigenvalue weighted by Gasteiger charge is 2.76. The molecule has 0 spiro atoms. The molecule has 0 unspecified atom stereocenters. The number of halogens is 2. The van der Waals surface area contributed by atoms with E-state index in [1.807, 2.05) is 6.08 Å². The molecule has 4 aliphatic carbocycles. The molecule has 28 heavy (non-hydrogen) atoms. The van der Waals surface area contributed by atoms with E-state index in [0.29, 0.717) is 18.4 Å². The molecule has 4 rings (SSSR count).